The standard InChI is InChI=1S/C42H86N4O4.C25H53N3O2.CH4/c1-3-5-7-9-11-13-15-17-19-21-23-25-27-31-43-41(49)29-33-45(35-36-46(37-39-47)38-40-48)34-30-42(50)44-32-28-26-24-22-20-18-16-14-12-10-8-6-4-2;1-3-5-6-7-8-9-10-11-12-13-14-15-16-18-27-25(30)17-19-26-20-22-28(21-4-2)23-24-29;/h47-48H,3-40H2,1-2H3,(H,43,49)(H,44,50);26,29H,3-24H2,1-2H3,(H,27,30);1H4. The van der Waals surface area contributed by atoms with E-state index >= 15 is 0 Å². The van der Waals surface area contributed by atoms with Crippen LogP contribution in [0.25, 0.3) is 0 Å². The van der Waals surface area contributed by atoms with E-state index in [-0.39, 0.29) is 45.0 Å². The van der Waals surface area contributed by atoms with Crippen LogP contribution in [0.4, 0.5) is 0 Å². The molecular formula is C68H143N7O6. The highest BCUT2D eigenvalue weighted by atomic mass is 16.3. The van der Waals surface area contributed by atoms with Crippen molar-refractivity contribution in [2.45, 2.75) is 311 Å². The van der Waals surface area contributed by atoms with E-state index in [1.165, 1.54) is 231 Å². The van der Waals surface area contributed by atoms with Crippen LogP contribution in [0.3, 0.4) is 0 Å². The number of hydrogen-bond acceptors (Lipinski definition) is 10. The normalized spacial score (nSPS) is 11.3. The van der Waals surface area contributed by atoms with Crippen LogP contribution < -0.4 is 21.3 Å². The van der Waals surface area contributed by atoms with Gasteiger partial charge in [-0.1, -0.05) is 266 Å². The molecule has 0 atom stereocenters. The molecule has 0 radical (unpaired) electrons. The number of carbonyl (C=O) groups is 3. The van der Waals surface area contributed by atoms with Gasteiger partial charge < -0.3 is 41.5 Å². The summed E-state index contributed by atoms with van der Waals surface area (Å²) in [5, 5.41) is 40.4. The molecule has 486 valence electrons. The molecule has 0 aliphatic rings. The summed E-state index contributed by atoms with van der Waals surface area (Å²) in [6, 6.07) is 0. The Labute approximate surface area is 504 Å². The predicted octanol–water partition coefficient (Wildman–Crippen LogP) is 14.3. The average Bonchev–Trinajstić information content (AvgIpc) is 3.45. The minimum Gasteiger partial charge on any atom is -0.395 e. The Bertz CT molecular complexity index is 1180. The third-order valence-electron chi connectivity index (χ3n) is 15.8. The second-order valence-electron chi connectivity index (χ2n) is 23.5. The fourth-order valence-electron chi connectivity index (χ4n) is 10.5. The van der Waals surface area contributed by atoms with E-state index in [1.54, 1.807) is 0 Å². The van der Waals surface area contributed by atoms with Gasteiger partial charge in [0.25, 0.3) is 0 Å². The van der Waals surface area contributed by atoms with E-state index in [1.807, 2.05) is 4.90 Å². The zero-order valence-corrected chi connectivity index (χ0v) is 53.8. The number of hydrogen-bond donors (Lipinski definition) is 7. The number of unbranched alkanes of at least 4 members (excludes halogenated alkanes) is 36. The molecule has 0 aromatic heterocycles. The van der Waals surface area contributed by atoms with Gasteiger partial charge in [0, 0.05) is 104 Å². The topological polar surface area (TPSA) is 170 Å². The fraction of sp³-hybridized carbons (Fsp3) is 0.956. The molecule has 0 aliphatic carbocycles. The predicted molar refractivity (Wildman–Crippen MR) is 350 cm³/mol. The smallest absolute Gasteiger partial charge is 0.221 e. The Balaban J connectivity index is -0.00000168. The number of aliphatic hydroxyl groups excluding tert-OH is 3. The molecule has 0 fully saturated rings. The number of carbonyl (C=O) groups excluding carboxylic acids is 3. The lowest BCUT2D eigenvalue weighted by Crippen LogP contribution is -2.41. The molecule has 13 nitrogen and oxygen atoms in total. The first-order valence-corrected chi connectivity index (χ1v) is 34.8. The van der Waals surface area contributed by atoms with Crippen molar-refractivity contribution < 1.29 is 29.7 Å². The van der Waals surface area contributed by atoms with E-state index in [0.717, 1.165) is 78.0 Å². The highest BCUT2D eigenvalue weighted by Crippen LogP contribution is 2.15. The van der Waals surface area contributed by atoms with Crippen molar-refractivity contribution in [3.8, 4) is 0 Å². The number of amides is 3. The van der Waals surface area contributed by atoms with Crippen molar-refractivity contribution in [3.63, 3.8) is 0 Å². The molecule has 0 aromatic rings. The van der Waals surface area contributed by atoms with Gasteiger partial charge in [0.05, 0.1) is 19.8 Å². The van der Waals surface area contributed by atoms with Gasteiger partial charge in [0.1, 0.15) is 0 Å². The number of nitrogens with zero attached hydrogens (tertiary/aromatic N) is 3. The fourth-order valence-corrected chi connectivity index (χ4v) is 10.5. The molecule has 3 amide bonds. The number of nitrogens with one attached hydrogen (secondary N) is 4. The summed E-state index contributed by atoms with van der Waals surface area (Å²) in [5.41, 5.74) is 0. The lowest BCUT2D eigenvalue weighted by Gasteiger charge is -2.26. The second kappa shape index (κ2) is 72.4. The van der Waals surface area contributed by atoms with E-state index in [0.29, 0.717) is 58.5 Å². The minimum absolute atomic E-state index is 0. The van der Waals surface area contributed by atoms with Gasteiger partial charge in [0.2, 0.25) is 17.7 Å². The molecule has 0 unspecified atom stereocenters. The molecule has 81 heavy (non-hydrogen) atoms. The van der Waals surface area contributed by atoms with E-state index in [2.05, 4.69) is 58.8 Å². The summed E-state index contributed by atoms with van der Waals surface area (Å²) in [6.45, 7) is 19.4. The van der Waals surface area contributed by atoms with Gasteiger partial charge in [-0.05, 0) is 32.2 Å². The van der Waals surface area contributed by atoms with Crippen LogP contribution in [-0.4, -0.2) is 159 Å². The number of aliphatic hydroxyl groups is 3. The Morgan fingerprint density at radius 3 is 0.778 bits per heavy atom. The molecule has 13 heteroatoms. The van der Waals surface area contributed by atoms with Crippen molar-refractivity contribution in [2.24, 2.45) is 0 Å². The zero-order valence-electron chi connectivity index (χ0n) is 53.8. The van der Waals surface area contributed by atoms with Gasteiger partial charge in [0.15, 0.2) is 0 Å². The van der Waals surface area contributed by atoms with Crippen LogP contribution in [0.15, 0.2) is 0 Å². The van der Waals surface area contributed by atoms with Gasteiger partial charge in [-0.15, -0.1) is 0 Å². The van der Waals surface area contributed by atoms with Gasteiger partial charge in [-0.3, -0.25) is 24.2 Å². The maximum Gasteiger partial charge on any atom is 0.221 e. The molecule has 0 spiro atoms. The first-order chi connectivity index (χ1) is 39.3. The molecule has 0 saturated carbocycles. The maximum absolute atomic E-state index is 12.6. The third-order valence-corrected chi connectivity index (χ3v) is 15.8. The van der Waals surface area contributed by atoms with E-state index in [9.17, 15) is 24.6 Å². The molecule has 0 rings (SSSR count). The second-order valence-corrected chi connectivity index (χ2v) is 23.5. The highest BCUT2D eigenvalue weighted by Gasteiger charge is 2.14. The van der Waals surface area contributed by atoms with E-state index in [4.69, 9.17) is 5.11 Å². The Hall–Kier alpha value is -1.87. The first kappa shape index (κ1) is 83.3. The molecule has 0 aromatic carbocycles. The van der Waals surface area contributed by atoms with Gasteiger partial charge in [-0.2, -0.15) is 0 Å². The van der Waals surface area contributed by atoms with Crippen molar-refractivity contribution >= 4 is 17.7 Å². The van der Waals surface area contributed by atoms with Crippen molar-refractivity contribution in [2.75, 3.05) is 111 Å². The summed E-state index contributed by atoms with van der Waals surface area (Å²) in [4.78, 5) is 43.5. The lowest BCUT2D eigenvalue weighted by atomic mass is 10.0. The Morgan fingerprint density at radius 2 is 0.506 bits per heavy atom. The summed E-state index contributed by atoms with van der Waals surface area (Å²) in [7, 11) is 0. The zero-order chi connectivity index (χ0) is 58.7. The van der Waals surface area contributed by atoms with Crippen LogP contribution in [0, 0.1) is 0 Å². The molecule has 0 bridgehead atoms. The van der Waals surface area contributed by atoms with Gasteiger partial charge in [-0.25, -0.2) is 0 Å². The quantitative estimate of drug-likeness (QED) is 0.0291. The molecule has 0 aliphatic heterocycles. The Kier molecular flexibility index (Phi) is 74.5. The van der Waals surface area contributed by atoms with Crippen molar-refractivity contribution in [3.05, 3.63) is 0 Å². The highest BCUT2D eigenvalue weighted by molar-refractivity contribution is 5.77. The maximum atomic E-state index is 12.6. The Morgan fingerprint density at radius 1 is 0.259 bits per heavy atom. The van der Waals surface area contributed by atoms with Crippen LogP contribution in [-0.2, 0) is 14.4 Å². The summed E-state index contributed by atoms with van der Waals surface area (Å²) in [6.07, 6.45) is 54.4. The minimum atomic E-state index is 0. The van der Waals surface area contributed by atoms with Crippen LogP contribution in [0.1, 0.15) is 311 Å². The van der Waals surface area contributed by atoms with Crippen LogP contribution in [0.5, 0.6) is 0 Å². The SMILES string of the molecule is C.CCCCCCCCCCCCCCCNC(=O)CCN(CCC(=O)NCCCCCCCCCCCCCCC)CCN(CCO)CCO.CCCCCCCCCCCCCCCNC(=O)CCNCCN(CCC)CCO. The van der Waals surface area contributed by atoms with Gasteiger partial charge >= 0.3 is 0 Å². The molecular weight excluding hydrogens is 1010 g/mol. The van der Waals surface area contributed by atoms with Crippen LogP contribution in [0.2, 0.25) is 0 Å². The largest absolute Gasteiger partial charge is 0.395 e. The van der Waals surface area contributed by atoms with Crippen LogP contribution >= 0.6 is 0 Å². The lowest BCUT2D eigenvalue weighted by molar-refractivity contribution is -0.122. The summed E-state index contributed by atoms with van der Waals surface area (Å²) >= 11 is 0. The average molecular weight is 1150 g/mol. The molecule has 0 heterocycles. The summed E-state index contributed by atoms with van der Waals surface area (Å²) in [5.74, 6) is 0.300. The number of rotatable bonds is 65. The molecule has 0 saturated heterocycles. The summed E-state index contributed by atoms with van der Waals surface area (Å²) < 4.78 is 0. The monoisotopic (exact) mass is 1150 g/mol. The molecule has 7 N–H and O–H groups in total. The van der Waals surface area contributed by atoms with E-state index < -0.39 is 0 Å². The van der Waals surface area contributed by atoms with Crippen molar-refractivity contribution in [1.29, 1.82) is 0 Å². The van der Waals surface area contributed by atoms with Crippen molar-refractivity contribution in [1.82, 2.24) is 36.0 Å². The first-order valence-electron chi connectivity index (χ1n) is 34.8. The third kappa shape index (κ3) is 68.8.